The summed E-state index contributed by atoms with van der Waals surface area (Å²) in [5.41, 5.74) is 2.75. The number of rotatable bonds is 24. The zero-order valence-electron chi connectivity index (χ0n) is 30.6. The smallest absolute Gasteiger partial charge is 0.397 e. The van der Waals surface area contributed by atoms with Crippen molar-refractivity contribution in [1.29, 1.82) is 0 Å². The molecule has 30 nitrogen and oxygen atoms in total. The fourth-order valence-corrected chi connectivity index (χ4v) is 10.2. The monoisotopic (exact) mass is 1060 g/mol. The van der Waals surface area contributed by atoms with E-state index in [1.807, 2.05) is 0 Å². The average molecular weight is 1060 g/mol. The Bertz CT molecular complexity index is 3010. The van der Waals surface area contributed by atoms with Crippen molar-refractivity contribution in [3.63, 3.8) is 0 Å². The average Bonchev–Trinajstić information content (AvgIpc) is 3.20. The van der Waals surface area contributed by atoms with Crippen LogP contribution in [0.5, 0.6) is 5.75 Å². The van der Waals surface area contributed by atoms with E-state index in [4.69, 9.17) is 30.2 Å². The van der Waals surface area contributed by atoms with Gasteiger partial charge in [-0.25, -0.2) is 36.8 Å². The van der Waals surface area contributed by atoms with Crippen LogP contribution in [0, 0.1) is 0 Å². The van der Waals surface area contributed by atoms with Gasteiger partial charge in [-0.3, -0.25) is 17.8 Å². The molecule has 0 aromatic heterocycles. The highest BCUT2D eigenvalue weighted by atomic mass is 32.3. The van der Waals surface area contributed by atoms with Gasteiger partial charge in [-0.15, -0.1) is 33.5 Å². The number of phenols is 1. The molecule has 0 heterocycles. The van der Waals surface area contributed by atoms with Crippen LogP contribution in [0.2, 0.25) is 0 Å². The summed E-state index contributed by atoms with van der Waals surface area (Å²) in [5, 5.41) is 61.7. The van der Waals surface area contributed by atoms with Crippen molar-refractivity contribution in [1.82, 2.24) is 0 Å². The Morgan fingerprint density at radius 2 is 1.12 bits per heavy atom. The molecule has 352 valence electrons. The third-order valence-corrected chi connectivity index (χ3v) is 14.6. The number of sulfone groups is 2. The van der Waals surface area contributed by atoms with E-state index in [9.17, 15) is 56.3 Å². The number of nitrogens with two attached hydrogens (primary N) is 1. The minimum atomic E-state index is -5.31. The highest BCUT2D eigenvalue weighted by molar-refractivity contribution is 7.95. The first kappa shape index (κ1) is 52.8. The van der Waals surface area contributed by atoms with Gasteiger partial charge in [-0.2, -0.15) is 25.3 Å². The number of nitrogen functional groups attached to an aromatic ring is 1. The number of fused-ring (bicyclic) bond motifs is 1. The third kappa shape index (κ3) is 14.1. The van der Waals surface area contributed by atoms with Crippen molar-refractivity contribution in [3.8, 4) is 5.75 Å². The van der Waals surface area contributed by atoms with E-state index < -0.39 is 133 Å². The number of hydrogen-bond acceptors (Lipinski definition) is 30. The molecule has 4 aromatic carbocycles. The first-order valence-electron chi connectivity index (χ1n) is 15.7. The molecule has 38 heteroatoms. The molecule has 0 radical (unpaired) electrons. The lowest BCUT2D eigenvalue weighted by atomic mass is 10.1. The van der Waals surface area contributed by atoms with Crippen LogP contribution < -0.4 is 5.73 Å². The molecule has 0 atom stereocenters. The zero-order valence-corrected chi connectivity index (χ0v) is 37.1. The molecule has 0 bridgehead atoms. The van der Waals surface area contributed by atoms with Crippen molar-refractivity contribution in [3.05, 3.63) is 48.5 Å². The van der Waals surface area contributed by atoms with Crippen LogP contribution in [0.3, 0.4) is 0 Å². The highest BCUT2D eigenvalue weighted by Gasteiger charge is 2.27. The first-order chi connectivity index (χ1) is 29.8. The second-order valence-corrected chi connectivity index (χ2v) is 21.4. The number of anilines is 1. The molecule has 64 heavy (non-hydrogen) atoms. The largest absolute Gasteiger partial charge is 0.505 e. The van der Waals surface area contributed by atoms with Gasteiger partial charge in [0.1, 0.15) is 32.5 Å². The third-order valence-electron chi connectivity index (χ3n) is 7.40. The van der Waals surface area contributed by atoms with Gasteiger partial charge in [0.25, 0.3) is 20.2 Å². The molecule has 0 saturated heterocycles. The van der Waals surface area contributed by atoms with Crippen LogP contribution in [0.25, 0.3) is 10.8 Å². The van der Waals surface area contributed by atoms with E-state index in [2.05, 4.69) is 52.8 Å². The number of nitrogens with zero attached hydrogens (tertiary/aromatic N) is 4. The van der Waals surface area contributed by atoms with Gasteiger partial charge in [-0.05, 0) is 53.9 Å². The molecular weight excluding hydrogens is 1040 g/mol. The van der Waals surface area contributed by atoms with E-state index in [0.29, 0.717) is 12.1 Å². The summed E-state index contributed by atoms with van der Waals surface area (Å²) in [7, 11) is -24.3. The van der Waals surface area contributed by atoms with Crippen LogP contribution in [0.1, 0.15) is 0 Å². The van der Waals surface area contributed by atoms with Gasteiger partial charge in [0, 0.05) is 0 Å². The van der Waals surface area contributed by atoms with Gasteiger partial charge >= 0.3 is 10.4 Å². The standard InChI is InChI=1S/C26H25N5O25S8/c27-23-22-13(10-21(63(43,44)45)25(23)31-28-16-3-1-14(11-18(16)57-54-51-33)61(38,39)8-6-50-64(46,47)48)9-19(58-55-52-34)24(26(22)32)30-29-17-4-2-15(12-20(17)62(40,41)42)60(36,37)7-5-49-59-56-53-35/h1-4,9-12,32-35H,5-8,27H2,(H,40,41,42)(H,43,44,45)(H,46,47,48). The maximum Gasteiger partial charge on any atom is 0.397 e. The van der Waals surface area contributed by atoms with Crippen LogP contribution in [-0.2, 0) is 86.8 Å². The Balaban J connectivity index is 1.88. The van der Waals surface area contributed by atoms with Gasteiger partial charge in [0.05, 0.1) is 79.5 Å². The summed E-state index contributed by atoms with van der Waals surface area (Å²) in [5.74, 6) is -2.80. The molecule has 4 aromatic rings. The quantitative estimate of drug-likeness (QED) is 0.00898. The number of azo groups is 2. The summed E-state index contributed by atoms with van der Waals surface area (Å²) in [4.78, 5) is -4.16. The molecule has 0 spiro atoms. The van der Waals surface area contributed by atoms with Gasteiger partial charge in [0.15, 0.2) is 37.7 Å². The second kappa shape index (κ2) is 22.1. The maximum absolute atomic E-state index is 12.8. The Labute approximate surface area is 371 Å². The molecule has 0 fully saturated rings. The van der Waals surface area contributed by atoms with Crippen LogP contribution in [-0.4, -0.2) is 101 Å². The molecular formula is C26H25N5O25S8. The summed E-state index contributed by atoms with van der Waals surface area (Å²) in [6.07, 6.45) is 0. The Morgan fingerprint density at radius 3 is 1.70 bits per heavy atom. The molecule has 0 aliphatic rings. The number of aromatic hydroxyl groups is 1. The first-order valence-corrected chi connectivity index (χ1v) is 25.4. The van der Waals surface area contributed by atoms with Crippen molar-refractivity contribution in [2.45, 2.75) is 29.4 Å². The number of phenolic OH excluding ortho intramolecular Hbond substituents is 1. The number of hydrogen-bond donors (Lipinski definition) is 8. The van der Waals surface area contributed by atoms with E-state index >= 15 is 0 Å². The Kier molecular flexibility index (Phi) is 18.2. The molecule has 9 N–H and O–H groups in total. The van der Waals surface area contributed by atoms with Crippen molar-refractivity contribution in [2.75, 3.05) is 30.5 Å². The second-order valence-electron chi connectivity index (χ2n) is 11.3. The summed E-state index contributed by atoms with van der Waals surface area (Å²) < 4.78 is 173. The highest BCUT2D eigenvalue weighted by Crippen LogP contribution is 2.50. The molecule has 0 saturated carbocycles. The maximum atomic E-state index is 12.8. The minimum Gasteiger partial charge on any atom is -0.505 e. The normalized spacial score (nSPS) is 13.2. The summed E-state index contributed by atoms with van der Waals surface area (Å²) >= 11 is 0.262. The SMILES string of the molecule is Nc1c(N=Nc2ccc(S(=O)(=O)CCOS(=O)(=O)O)cc2SOOO)c(S(=O)(=O)O)cc2cc(SOOO)c(N=Nc3ccc(S(=O)(=O)CCOSOOO)cc3S(=O)(=O)O)c(O)c12. The van der Waals surface area contributed by atoms with Crippen LogP contribution in [0.15, 0.2) is 98.4 Å². The fraction of sp³-hybridized carbons (Fsp3) is 0.154. The molecule has 0 unspecified atom stereocenters. The predicted molar refractivity (Wildman–Crippen MR) is 212 cm³/mol. The van der Waals surface area contributed by atoms with E-state index in [-0.39, 0.29) is 52.4 Å². The van der Waals surface area contributed by atoms with E-state index in [0.717, 1.165) is 36.4 Å². The van der Waals surface area contributed by atoms with Crippen molar-refractivity contribution < 1.29 is 113 Å². The Morgan fingerprint density at radius 1 is 0.594 bits per heavy atom. The van der Waals surface area contributed by atoms with E-state index in [1.165, 1.54) is 0 Å². The van der Waals surface area contributed by atoms with Crippen molar-refractivity contribution >= 4 is 126 Å². The van der Waals surface area contributed by atoms with Gasteiger partial charge < -0.3 is 10.8 Å². The molecule has 4 rings (SSSR count). The van der Waals surface area contributed by atoms with Crippen molar-refractivity contribution in [2.24, 2.45) is 20.5 Å². The lowest BCUT2D eigenvalue weighted by molar-refractivity contribution is -0.434. The van der Waals surface area contributed by atoms with E-state index in [1.54, 1.807) is 0 Å². The van der Waals surface area contributed by atoms with Gasteiger partial charge in [-0.1, -0.05) is 15.1 Å². The number of benzene rings is 4. The van der Waals surface area contributed by atoms with Crippen LogP contribution >= 0.6 is 36.4 Å². The zero-order chi connectivity index (χ0) is 47.7. The summed E-state index contributed by atoms with van der Waals surface area (Å²) in [6.45, 7) is -1.59. The lowest BCUT2D eigenvalue weighted by Gasteiger charge is -2.14. The van der Waals surface area contributed by atoms with Crippen LogP contribution in [0.4, 0.5) is 28.4 Å². The predicted octanol–water partition coefficient (Wildman–Crippen LogP) is 4.68. The molecule has 0 amide bonds. The lowest BCUT2D eigenvalue weighted by Crippen LogP contribution is -2.15. The van der Waals surface area contributed by atoms with Gasteiger partial charge in [0.2, 0.25) is 0 Å². The Hall–Kier alpha value is -3.82. The molecule has 0 aliphatic heterocycles. The molecule has 0 aliphatic carbocycles. The minimum absolute atomic E-state index is 0.0604. The summed E-state index contributed by atoms with van der Waals surface area (Å²) in [6, 6.07) is 6.50. The topological polar surface area (TPSA) is 462 Å². The fourth-order valence-electron chi connectivity index (χ4n) is 4.79.